The standard InChI is InChI=1S/C24H26BrNO3/c1-5-16(4)26-24(27)11-15(3)19-12-20-21(17-7-9-18(25)10-8-17)14-29-23(20)13-22(19)28-6-2/h7-14,16H,5-6H2,1-4H3,(H,26,27)/b15-11+. The van der Waals surface area contributed by atoms with E-state index in [2.05, 4.69) is 21.2 Å². The minimum Gasteiger partial charge on any atom is -0.493 e. The van der Waals surface area contributed by atoms with Gasteiger partial charge in [-0.2, -0.15) is 0 Å². The topological polar surface area (TPSA) is 51.5 Å². The molecule has 1 unspecified atom stereocenters. The highest BCUT2D eigenvalue weighted by molar-refractivity contribution is 9.10. The lowest BCUT2D eigenvalue weighted by Gasteiger charge is -2.13. The average Bonchev–Trinajstić information content (AvgIpc) is 3.10. The molecule has 0 saturated carbocycles. The van der Waals surface area contributed by atoms with Crippen LogP contribution < -0.4 is 10.1 Å². The van der Waals surface area contributed by atoms with Crippen molar-refractivity contribution in [3.8, 4) is 16.9 Å². The van der Waals surface area contributed by atoms with Crippen LogP contribution in [0.2, 0.25) is 0 Å². The molecule has 3 aromatic rings. The van der Waals surface area contributed by atoms with E-state index in [1.165, 1.54) is 0 Å². The van der Waals surface area contributed by atoms with Crippen LogP contribution in [0.3, 0.4) is 0 Å². The highest BCUT2D eigenvalue weighted by Gasteiger charge is 2.15. The maximum Gasteiger partial charge on any atom is 0.244 e. The van der Waals surface area contributed by atoms with Crippen LogP contribution in [0.5, 0.6) is 5.75 Å². The molecule has 0 aliphatic carbocycles. The number of ether oxygens (including phenoxy) is 1. The number of allylic oxidation sites excluding steroid dienone is 1. The van der Waals surface area contributed by atoms with Crippen molar-refractivity contribution >= 4 is 38.4 Å². The van der Waals surface area contributed by atoms with Gasteiger partial charge in [-0.3, -0.25) is 4.79 Å². The van der Waals surface area contributed by atoms with E-state index in [1.54, 1.807) is 12.3 Å². The second-order valence-corrected chi connectivity index (χ2v) is 7.99. The van der Waals surface area contributed by atoms with E-state index in [0.717, 1.165) is 44.1 Å². The number of furan rings is 1. The van der Waals surface area contributed by atoms with Gasteiger partial charge in [-0.1, -0.05) is 35.0 Å². The third kappa shape index (κ3) is 4.91. The number of rotatable bonds is 7. The fourth-order valence-electron chi connectivity index (χ4n) is 3.15. The molecule has 1 amide bonds. The van der Waals surface area contributed by atoms with Gasteiger partial charge >= 0.3 is 0 Å². The predicted octanol–water partition coefficient (Wildman–Crippen LogP) is 6.58. The van der Waals surface area contributed by atoms with Gasteiger partial charge in [-0.15, -0.1) is 0 Å². The Morgan fingerprint density at radius 3 is 2.62 bits per heavy atom. The Morgan fingerprint density at radius 2 is 1.97 bits per heavy atom. The molecule has 1 aromatic heterocycles. The van der Waals surface area contributed by atoms with Crippen LogP contribution in [-0.4, -0.2) is 18.6 Å². The molecule has 0 radical (unpaired) electrons. The average molecular weight is 456 g/mol. The van der Waals surface area contributed by atoms with Gasteiger partial charge in [0.15, 0.2) is 0 Å². The molecule has 1 atom stereocenters. The van der Waals surface area contributed by atoms with Crippen LogP contribution >= 0.6 is 15.9 Å². The molecule has 152 valence electrons. The SMILES string of the molecule is CCOc1cc2occ(-c3ccc(Br)cc3)c2cc1/C(C)=C/C(=O)NC(C)CC. The van der Waals surface area contributed by atoms with E-state index in [1.807, 2.05) is 64.1 Å². The van der Waals surface area contributed by atoms with Crippen molar-refractivity contribution in [2.45, 2.75) is 40.2 Å². The normalized spacial score (nSPS) is 12.8. The van der Waals surface area contributed by atoms with Crippen molar-refractivity contribution in [1.82, 2.24) is 5.32 Å². The minimum absolute atomic E-state index is 0.0975. The van der Waals surface area contributed by atoms with Gasteiger partial charge in [-0.05, 0) is 56.5 Å². The number of amides is 1. The first-order valence-electron chi connectivity index (χ1n) is 9.86. The van der Waals surface area contributed by atoms with Crippen molar-refractivity contribution in [2.24, 2.45) is 0 Å². The lowest BCUT2D eigenvalue weighted by Crippen LogP contribution is -2.30. The number of halogens is 1. The van der Waals surface area contributed by atoms with Crippen LogP contribution in [0.4, 0.5) is 0 Å². The molecule has 5 heteroatoms. The molecule has 3 rings (SSSR count). The van der Waals surface area contributed by atoms with E-state index in [9.17, 15) is 4.79 Å². The van der Waals surface area contributed by atoms with Crippen molar-refractivity contribution in [1.29, 1.82) is 0 Å². The number of nitrogens with one attached hydrogen (secondary N) is 1. The Hall–Kier alpha value is -2.53. The molecule has 0 aliphatic rings. The monoisotopic (exact) mass is 455 g/mol. The van der Waals surface area contributed by atoms with Gasteiger partial charge in [0.2, 0.25) is 5.91 Å². The molecular weight excluding hydrogens is 430 g/mol. The van der Waals surface area contributed by atoms with E-state index in [0.29, 0.717) is 12.4 Å². The third-order valence-electron chi connectivity index (χ3n) is 4.90. The summed E-state index contributed by atoms with van der Waals surface area (Å²) in [6.45, 7) is 8.45. The Morgan fingerprint density at radius 1 is 1.24 bits per heavy atom. The molecule has 0 saturated heterocycles. The van der Waals surface area contributed by atoms with E-state index >= 15 is 0 Å². The van der Waals surface area contributed by atoms with Crippen LogP contribution in [0.1, 0.15) is 39.7 Å². The number of carbonyl (C=O) groups excluding carboxylic acids is 1. The zero-order valence-electron chi connectivity index (χ0n) is 17.2. The first-order valence-corrected chi connectivity index (χ1v) is 10.6. The smallest absolute Gasteiger partial charge is 0.244 e. The highest BCUT2D eigenvalue weighted by Crippen LogP contribution is 2.37. The molecule has 0 bridgehead atoms. The number of carbonyl (C=O) groups is 1. The van der Waals surface area contributed by atoms with Crippen LogP contribution in [-0.2, 0) is 4.79 Å². The van der Waals surface area contributed by atoms with E-state index in [-0.39, 0.29) is 11.9 Å². The fraction of sp³-hybridized carbons (Fsp3) is 0.292. The Kier molecular flexibility index (Phi) is 6.80. The van der Waals surface area contributed by atoms with E-state index < -0.39 is 0 Å². The fourth-order valence-corrected chi connectivity index (χ4v) is 3.42. The molecule has 2 aromatic carbocycles. The first-order chi connectivity index (χ1) is 13.9. The van der Waals surface area contributed by atoms with Gasteiger partial charge in [0.1, 0.15) is 11.3 Å². The summed E-state index contributed by atoms with van der Waals surface area (Å²) < 4.78 is 12.7. The second-order valence-electron chi connectivity index (χ2n) is 7.08. The number of fused-ring (bicyclic) bond motifs is 1. The van der Waals surface area contributed by atoms with Gasteiger partial charge in [-0.25, -0.2) is 0 Å². The third-order valence-corrected chi connectivity index (χ3v) is 5.43. The summed E-state index contributed by atoms with van der Waals surface area (Å²) in [5.74, 6) is 0.613. The van der Waals surface area contributed by atoms with Gasteiger partial charge in [0, 0.05) is 39.2 Å². The second kappa shape index (κ2) is 9.31. The summed E-state index contributed by atoms with van der Waals surface area (Å²) in [5, 5.41) is 3.96. The first kappa shape index (κ1) is 21.2. The minimum atomic E-state index is -0.0975. The van der Waals surface area contributed by atoms with Crippen LogP contribution in [0, 0.1) is 0 Å². The Labute approximate surface area is 180 Å². The largest absolute Gasteiger partial charge is 0.493 e. The van der Waals surface area contributed by atoms with Crippen LogP contribution in [0.15, 0.2) is 57.6 Å². The van der Waals surface area contributed by atoms with Crippen molar-refractivity contribution < 1.29 is 13.9 Å². The zero-order chi connectivity index (χ0) is 21.0. The quantitative estimate of drug-likeness (QED) is 0.409. The molecule has 0 aliphatic heterocycles. The number of hydrogen-bond acceptors (Lipinski definition) is 3. The summed E-state index contributed by atoms with van der Waals surface area (Å²) in [7, 11) is 0. The number of benzene rings is 2. The summed E-state index contributed by atoms with van der Waals surface area (Å²) in [6.07, 6.45) is 4.29. The van der Waals surface area contributed by atoms with Gasteiger partial charge < -0.3 is 14.5 Å². The molecule has 1 heterocycles. The summed E-state index contributed by atoms with van der Waals surface area (Å²) in [6, 6.07) is 12.2. The lowest BCUT2D eigenvalue weighted by molar-refractivity contribution is -0.117. The molecular formula is C24H26BrNO3. The highest BCUT2D eigenvalue weighted by atomic mass is 79.9. The number of hydrogen-bond donors (Lipinski definition) is 1. The lowest BCUT2D eigenvalue weighted by atomic mass is 9.99. The Balaban J connectivity index is 2.06. The molecule has 1 N–H and O–H groups in total. The summed E-state index contributed by atoms with van der Waals surface area (Å²) in [5.41, 5.74) is 4.57. The maximum atomic E-state index is 12.3. The molecule has 4 nitrogen and oxygen atoms in total. The predicted molar refractivity (Wildman–Crippen MR) is 122 cm³/mol. The maximum absolute atomic E-state index is 12.3. The summed E-state index contributed by atoms with van der Waals surface area (Å²) in [4.78, 5) is 12.3. The van der Waals surface area contributed by atoms with Gasteiger partial charge in [0.25, 0.3) is 0 Å². The van der Waals surface area contributed by atoms with Gasteiger partial charge in [0.05, 0.1) is 12.9 Å². The van der Waals surface area contributed by atoms with Crippen molar-refractivity contribution in [3.63, 3.8) is 0 Å². The van der Waals surface area contributed by atoms with Crippen LogP contribution in [0.25, 0.3) is 27.7 Å². The van der Waals surface area contributed by atoms with Crippen molar-refractivity contribution in [3.05, 3.63) is 58.8 Å². The molecule has 0 spiro atoms. The molecule has 29 heavy (non-hydrogen) atoms. The Bertz CT molecular complexity index is 1030. The van der Waals surface area contributed by atoms with E-state index in [4.69, 9.17) is 9.15 Å². The zero-order valence-corrected chi connectivity index (χ0v) is 18.8. The summed E-state index contributed by atoms with van der Waals surface area (Å²) >= 11 is 3.48. The van der Waals surface area contributed by atoms with Crippen molar-refractivity contribution in [2.75, 3.05) is 6.61 Å². The molecule has 0 fully saturated rings.